The molecule has 0 N–H and O–H groups in total. The van der Waals surface area contributed by atoms with Crippen LogP contribution in [0.25, 0.3) is 11.1 Å². The molecular weight excluding hydrogens is 495 g/mol. The fraction of sp³-hybridized carbons (Fsp3) is 0.483. The Bertz CT molecular complexity index is 1300. The predicted octanol–water partition coefficient (Wildman–Crippen LogP) is 7.88. The summed E-state index contributed by atoms with van der Waals surface area (Å²) >= 11 is 0. The normalized spacial score (nSPS) is 21.9. The number of fused-ring (bicyclic) bond motifs is 1. The molecule has 1 saturated carbocycles. The van der Waals surface area contributed by atoms with Gasteiger partial charge < -0.3 is 0 Å². The second kappa shape index (κ2) is 10.9. The lowest BCUT2D eigenvalue weighted by Gasteiger charge is -2.30. The summed E-state index contributed by atoms with van der Waals surface area (Å²) < 4.78 is 55.2. The standard InChI is InChI=1S/C29H32F3N3OS/c1-5-28(29(30,31)32)35-37(36)21-10-11-27(34-16-21)25-14-22(20-8-6-7-9-20)19(4)23-12-17(2)18(3)13-24(23)26(25)15-33/h10-13,16,19-20,22H,5-9,14H2,1-4H3. The topological polar surface area (TPSA) is 66.1 Å². The maximum Gasteiger partial charge on any atom is 0.430 e. The monoisotopic (exact) mass is 527 g/mol. The molecule has 37 heavy (non-hydrogen) atoms. The Hall–Kier alpha value is -2.79. The lowest BCUT2D eigenvalue weighted by Crippen LogP contribution is -2.22. The van der Waals surface area contributed by atoms with Crippen molar-refractivity contribution in [2.45, 2.75) is 83.2 Å². The molecular formula is C29H32F3N3OS. The van der Waals surface area contributed by atoms with Crippen molar-refractivity contribution >= 4 is 27.8 Å². The average Bonchev–Trinajstić information content (AvgIpc) is 3.36. The molecule has 1 aromatic heterocycles. The number of nitrogens with zero attached hydrogens (tertiary/aromatic N) is 3. The van der Waals surface area contributed by atoms with E-state index in [1.54, 1.807) is 6.07 Å². The van der Waals surface area contributed by atoms with Crippen molar-refractivity contribution in [1.82, 2.24) is 4.98 Å². The minimum absolute atomic E-state index is 0.0965. The number of rotatable bonds is 5. The summed E-state index contributed by atoms with van der Waals surface area (Å²) in [6.07, 6.45) is 1.81. The fourth-order valence-electron chi connectivity index (χ4n) is 5.79. The maximum atomic E-state index is 13.1. The van der Waals surface area contributed by atoms with Crippen LogP contribution in [0.2, 0.25) is 0 Å². The summed E-state index contributed by atoms with van der Waals surface area (Å²) in [5.41, 5.74) is 5.41. The number of allylic oxidation sites excluding steroid dienone is 2. The van der Waals surface area contributed by atoms with Gasteiger partial charge in [-0.15, -0.1) is 0 Å². The molecule has 0 radical (unpaired) electrons. The third-order valence-electron chi connectivity index (χ3n) is 8.03. The summed E-state index contributed by atoms with van der Waals surface area (Å²) in [5, 5.41) is 10.3. The number of alkyl halides is 3. The number of aryl methyl sites for hydroxylation is 2. The Balaban J connectivity index is 1.80. The van der Waals surface area contributed by atoms with E-state index in [1.165, 1.54) is 56.0 Å². The number of benzene rings is 1. The molecule has 1 aromatic carbocycles. The van der Waals surface area contributed by atoms with Crippen LogP contribution in [0.1, 0.15) is 86.2 Å². The number of hydrogen-bond acceptors (Lipinski definition) is 3. The predicted molar refractivity (Wildman–Crippen MR) is 141 cm³/mol. The van der Waals surface area contributed by atoms with Crippen molar-refractivity contribution in [3.05, 3.63) is 58.4 Å². The molecule has 196 valence electrons. The van der Waals surface area contributed by atoms with Gasteiger partial charge in [-0.1, -0.05) is 51.7 Å². The molecule has 0 aliphatic heterocycles. The highest BCUT2D eigenvalue weighted by Crippen LogP contribution is 2.49. The van der Waals surface area contributed by atoms with Gasteiger partial charge in [0.1, 0.15) is 11.8 Å². The van der Waals surface area contributed by atoms with Gasteiger partial charge in [0.25, 0.3) is 0 Å². The fourth-order valence-corrected chi connectivity index (χ4v) is 6.66. The SMILES string of the molecule is CCC(=NS(=O)c1ccc(C2=C(C#N)c3cc(C)c(C)cc3C(C)C(C3CCCC3)C2)nc1)C(F)(F)F. The number of aromatic nitrogens is 1. The van der Waals surface area contributed by atoms with E-state index in [-0.39, 0.29) is 17.2 Å². The number of hydrogen-bond donors (Lipinski definition) is 0. The quantitative estimate of drug-likeness (QED) is 0.372. The molecule has 4 rings (SSSR count). The van der Waals surface area contributed by atoms with Gasteiger partial charge in [-0.2, -0.15) is 22.8 Å². The van der Waals surface area contributed by atoms with Gasteiger partial charge in [0.2, 0.25) is 0 Å². The Morgan fingerprint density at radius 3 is 2.43 bits per heavy atom. The zero-order valence-corrected chi connectivity index (χ0v) is 22.5. The largest absolute Gasteiger partial charge is 0.430 e. The van der Waals surface area contributed by atoms with Gasteiger partial charge >= 0.3 is 6.18 Å². The van der Waals surface area contributed by atoms with Crippen molar-refractivity contribution in [3.63, 3.8) is 0 Å². The van der Waals surface area contributed by atoms with Gasteiger partial charge in [-0.3, -0.25) is 4.98 Å². The first-order valence-corrected chi connectivity index (χ1v) is 13.9. The minimum atomic E-state index is -4.62. The highest BCUT2D eigenvalue weighted by Gasteiger charge is 2.37. The molecule has 2 aromatic rings. The van der Waals surface area contributed by atoms with Crippen LogP contribution in [0.5, 0.6) is 0 Å². The van der Waals surface area contributed by atoms with E-state index in [9.17, 15) is 22.6 Å². The molecule has 3 unspecified atom stereocenters. The van der Waals surface area contributed by atoms with E-state index in [0.717, 1.165) is 16.7 Å². The number of halogens is 3. The molecule has 1 fully saturated rings. The zero-order chi connectivity index (χ0) is 26.9. The molecule has 4 nitrogen and oxygen atoms in total. The van der Waals surface area contributed by atoms with Crippen LogP contribution in [0, 0.1) is 37.0 Å². The zero-order valence-electron chi connectivity index (χ0n) is 21.7. The third-order valence-corrected chi connectivity index (χ3v) is 9.06. The van der Waals surface area contributed by atoms with E-state index >= 15 is 0 Å². The van der Waals surface area contributed by atoms with Crippen LogP contribution in [0.15, 0.2) is 39.8 Å². The van der Waals surface area contributed by atoms with E-state index in [0.29, 0.717) is 29.5 Å². The van der Waals surface area contributed by atoms with Gasteiger partial charge in [-0.05, 0) is 84.4 Å². The average molecular weight is 528 g/mol. The molecule has 3 atom stereocenters. The Morgan fingerprint density at radius 2 is 1.86 bits per heavy atom. The van der Waals surface area contributed by atoms with Gasteiger partial charge in [-0.25, -0.2) is 4.21 Å². The first-order valence-electron chi connectivity index (χ1n) is 12.8. The Labute approximate surface area is 219 Å². The summed E-state index contributed by atoms with van der Waals surface area (Å²) in [6.45, 7) is 7.73. The first kappa shape index (κ1) is 27.3. The second-order valence-corrected chi connectivity index (χ2v) is 11.4. The Morgan fingerprint density at radius 1 is 1.19 bits per heavy atom. The first-order chi connectivity index (χ1) is 17.5. The highest BCUT2D eigenvalue weighted by atomic mass is 32.2. The van der Waals surface area contributed by atoms with Crippen molar-refractivity contribution < 1.29 is 17.4 Å². The van der Waals surface area contributed by atoms with Crippen molar-refractivity contribution in [2.24, 2.45) is 16.2 Å². The second-order valence-electron chi connectivity index (χ2n) is 10.2. The van der Waals surface area contributed by atoms with Gasteiger partial charge in [0.15, 0.2) is 11.0 Å². The van der Waals surface area contributed by atoms with Crippen LogP contribution >= 0.6 is 0 Å². The molecule has 0 amide bonds. The minimum Gasteiger partial charge on any atom is -0.255 e. The summed E-state index contributed by atoms with van der Waals surface area (Å²) in [6, 6.07) is 9.94. The molecule has 0 saturated heterocycles. The maximum absolute atomic E-state index is 13.1. The molecule has 0 bridgehead atoms. The lowest BCUT2D eigenvalue weighted by molar-refractivity contribution is -0.0600. The molecule has 1 heterocycles. The van der Waals surface area contributed by atoms with Crippen LogP contribution in [0.4, 0.5) is 13.2 Å². The summed E-state index contributed by atoms with van der Waals surface area (Å²) in [4.78, 5) is 4.60. The van der Waals surface area contributed by atoms with E-state index < -0.39 is 22.9 Å². The Kier molecular flexibility index (Phi) is 8.03. The molecule has 8 heteroatoms. The van der Waals surface area contributed by atoms with E-state index in [1.807, 2.05) is 6.92 Å². The van der Waals surface area contributed by atoms with E-state index in [4.69, 9.17) is 0 Å². The molecule has 0 spiro atoms. The van der Waals surface area contributed by atoms with Crippen molar-refractivity contribution in [3.8, 4) is 6.07 Å². The molecule has 2 aliphatic rings. The molecule has 2 aliphatic carbocycles. The summed E-state index contributed by atoms with van der Waals surface area (Å²) in [7, 11) is -2.22. The lowest BCUT2D eigenvalue weighted by atomic mass is 9.75. The van der Waals surface area contributed by atoms with Crippen LogP contribution in [-0.2, 0) is 11.0 Å². The third kappa shape index (κ3) is 5.57. The van der Waals surface area contributed by atoms with Crippen LogP contribution in [0.3, 0.4) is 0 Å². The summed E-state index contributed by atoms with van der Waals surface area (Å²) in [5.74, 6) is 1.19. The van der Waals surface area contributed by atoms with Gasteiger partial charge in [0, 0.05) is 6.20 Å². The van der Waals surface area contributed by atoms with Crippen LogP contribution < -0.4 is 0 Å². The van der Waals surface area contributed by atoms with Crippen LogP contribution in [-0.4, -0.2) is 21.1 Å². The van der Waals surface area contributed by atoms with Gasteiger partial charge in [0.05, 0.1) is 16.2 Å². The number of nitriles is 1. The van der Waals surface area contributed by atoms with Crippen molar-refractivity contribution in [1.29, 1.82) is 5.26 Å². The smallest absolute Gasteiger partial charge is 0.255 e. The highest BCUT2D eigenvalue weighted by molar-refractivity contribution is 7.83. The van der Waals surface area contributed by atoms with E-state index in [2.05, 4.69) is 41.4 Å². The number of pyridine rings is 1. The van der Waals surface area contributed by atoms with Crippen molar-refractivity contribution in [2.75, 3.05) is 0 Å².